The van der Waals surface area contributed by atoms with E-state index in [1.165, 1.54) is 31.2 Å². The summed E-state index contributed by atoms with van der Waals surface area (Å²) in [6.07, 6.45) is 4.04. The Morgan fingerprint density at radius 2 is 1.81 bits per heavy atom. The molecule has 138 valence electrons. The van der Waals surface area contributed by atoms with Gasteiger partial charge < -0.3 is 4.90 Å². The first-order valence-corrected chi connectivity index (χ1v) is 8.95. The summed E-state index contributed by atoms with van der Waals surface area (Å²) in [7, 11) is 1.49. The number of amides is 2. The van der Waals surface area contributed by atoms with Crippen molar-refractivity contribution in [3.8, 4) is 0 Å². The molecule has 2 amide bonds. The Hall–Kier alpha value is -2.74. The van der Waals surface area contributed by atoms with E-state index < -0.39 is 5.91 Å². The average molecular weight is 358 g/mol. The number of nitrogens with zero attached hydrogens (tertiary/aromatic N) is 2. The van der Waals surface area contributed by atoms with Gasteiger partial charge in [0, 0.05) is 12.4 Å². The van der Waals surface area contributed by atoms with Crippen LogP contribution in [0, 0.1) is 0 Å². The molecule has 1 fully saturated rings. The molecule has 1 aromatic carbocycles. The van der Waals surface area contributed by atoms with Gasteiger partial charge in [0.1, 0.15) is 0 Å². The second-order valence-electron chi connectivity index (χ2n) is 6.64. The van der Waals surface area contributed by atoms with Gasteiger partial charge in [-0.1, -0.05) is 18.2 Å². The number of aryl methyl sites for hydroxylation is 1. The van der Waals surface area contributed by atoms with E-state index in [1.54, 1.807) is 24.3 Å². The topological polar surface area (TPSA) is 97.5 Å². The van der Waals surface area contributed by atoms with Crippen molar-refractivity contribution in [3.63, 3.8) is 0 Å². The second kappa shape index (κ2) is 8.09. The van der Waals surface area contributed by atoms with Crippen LogP contribution in [0.3, 0.4) is 0 Å². The molecule has 2 aromatic rings. The molecule has 8 nitrogen and oxygen atoms in total. The molecule has 1 saturated heterocycles. The van der Waals surface area contributed by atoms with Crippen LogP contribution < -0.4 is 21.3 Å². The first kappa shape index (κ1) is 18.1. The van der Waals surface area contributed by atoms with Crippen LogP contribution in [0.25, 0.3) is 10.8 Å². The van der Waals surface area contributed by atoms with Crippen molar-refractivity contribution in [2.45, 2.75) is 25.7 Å². The van der Waals surface area contributed by atoms with Crippen LogP contribution in [0.4, 0.5) is 0 Å². The largest absolute Gasteiger partial charge is 0.335 e. The zero-order valence-electron chi connectivity index (χ0n) is 14.9. The van der Waals surface area contributed by atoms with E-state index in [-0.39, 0.29) is 17.2 Å². The Morgan fingerprint density at radius 3 is 2.54 bits per heavy atom. The molecule has 0 bridgehead atoms. The minimum absolute atomic E-state index is 0.102. The van der Waals surface area contributed by atoms with E-state index in [4.69, 9.17) is 0 Å². The summed E-state index contributed by atoms with van der Waals surface area (Å²) in [6.45, 7) is 2.98. The van der Waals surface area contributed by atoms with Gasteiger partial charge in [-0.05, 0) is 25.3 Å². The molecule has 0 unspecified atom stereocenters. The smallest absolute Gasteiger partial charge is 0.290 e. The summed E-state index contributed by atoms with van der Waals surface area (Å²) in [4.78, 5) is 38.0. The standard InChI is InChI=1S/C18H23N5O3/c1-22-18(26)14-8-4-3-7-13(14)16(21-22)17(25)20-19-15(24)9-12-23-10-5-2-6-11-23/h3-4,7-8H,2,5-6,9-12H2,1H3,(H,19,24)(H,20,25)/p+1. The summed E-state index contributed by atoms with van der Waals surface area (Å²) in [5.74, 6) is -0.777. The van der Waals surface area contributed by atoms with Gasteiger partial charge in [-0.25, -0.2) is 4.68 Å². The number of aromatic nitrogens is 2. The molecule has 1 aliphatic rings. The van der Waals surface area contributed by atoms with Crippen LogP contribution in [0.2, 0.25) is 0 Å². The molecule has 3 rings (SSSR count). The second-order valence-corrected chi connectivity index (χ2v) is 6.64. The predicted octanol–water partition coefficient (Wildman–Crippen LogP) is -0.847. The van der Waals surface area contributed by atoms with Crippen LogP contribution in [-0.2, 0) is 11.8 Å². The van der Waals surface area contributed by atoms with Crippen molar-refractivity contribution >= 4 is 22.6 Å². The highest BCUT2D eigenvalue weighted by Crippen LogP contribution is 2.12. The number of carbonyl (C=O) groups excluding carboxylic acids is 2. The number of nitrogens with one attached hydrogen (secondary N) is 3. The van der Waals surface area contributed by atoms with E-state index in [2.05, 4.69) is 16.0 Å². The molecule has 8 heteroatoms. The Kier molecular flexibility index (Phi) is 5.62. The number of hydrogen-bond acceptors (Lipinski definition) is 4. The Labute approximate surface area is 151 Å². The van der Waals surface area contributed by atoms with E-state index in [0.29, 0.717) is 17.2 Å². The number of benzene rings is 1. The van der Waals surface area contributed by atoms with Gasteiger partial charge in [0.25, 0.3) is 11.5 Å². The van der Waals surface area contributed by atoms with Crippen LogP contribution >= 0.6 is 0 Å². The summed E-state index contributed by atoms with van der Waals surface area (Å²) >= 11 is 0. The maximum absolute atomic E-state index is 12.4. The number of likely N-dealkylation sites (tertiary alicyclic amines) is 1. The maximum Gasteiger partial charge on any atom is 0.290 e. The monoisotopic (exact) mass is 358 g/mol. The quantitative estimate of drug-likeness (QED) is 0.621. The molecule has 2 heterocycles. The van der Waals surface area contributed by atoms with Crippen LogP contribution in [0.5, 0.6) is 0 Å². The van der Waals surface area contributed by atoms with Gasteiger partial charge in [-0.3, -0.25) is 25.2 Å². The highest BCUT2D eigenvalue weighted by Gasteiger charge is 2.18. The van der Waals surface area contributed by atoms with Crippen molar-refractivity contribution in [1.82, 2.24) is 20.6 Å². The summed E-state index contributed by atoms with van der Waals surface area (Å²) in [5.41, 5.74) is 4.67. The van der Waals surface area contributed by atoms with Crippen molar-refractivity contribution in [2.24, 2.45) is 7.05 Å². The third kappa shape index (κ3) is 4.08. The molecule has 0 saturated carbocycles. The number of piperidine rings is 1. The van der Waals surface area contributed by atoms with E-state index in [0.717, 1.165) is 24.3 Å². The SMILES string of the molecule is Cn1nc(C(=O)NNC(=O)CC[NH+]2CCCCC2)c2ccccc2c1=O. The number of quaternary nitrogens is 1. The molecular weight excluding hydrogens is 334 g/mol. The maximum atomic E-state index is 12.4. The van der Waals surface area contributed by atoms with Crippen LogP contribution in [0.1, 0.15) is 36.2 Å². The number of carbonyl (C=O) groups is 2. The normalized spacial score (nSPS) is 15.0. The third-order valence-corrected chi connectivity index (χ3v) is 4.75. The van der Waals surface area contributed by atoms with Crippen LogP contribution in [0.15, 0.2) is 29.1 Å². The highest BCUT2D eigenvalue weighted by atomic mass is 16.2. The Balaban J connectivity index is 1.61. The Bertz CT molecular complexity index is 871. The zero-order chi connectivity index (χ0) is 18.5. The molecule has 26 heavy (non-hydrogen) atoms. The fraction of sp³-hybridized carbons (Fsp3) is 0.444. The lowest BCUT2D eigenvalue weighted by Gasteiger charge is -2.23. The fourth-order valence-electron chi connectivity index (χ4n) is 3.31. The Morgan fingerprint density at radius 1 is 1.12 bits per heavy atom. The minimum Gasteiger partial charge on any atom is -0.335 e. The van der Waals surface area contributed by atoms with Gasteiger partial charge in [-0.15, -0.1) is 0 Å². The molecule has 1 aliphatic heterocycles. The highest BCUT2D eigenvalue weighted by molar-refractivity contribution is 6.05. The fourth-order valence-corrected chi connectivity index (χ4v) is 3.31. The molecule has 0 radical (unpaired) electrons. The molecule has 0 spiro atoms. The van der Waals surface area contributed by atoms with Gasteiger partial charge in [0.2, 0.25) is 5.91 Å². The van der Waals surface area contributed by atoms with Crippen molar-refractivity contribution in [2.75, 3.05) is 19.6 Å². The zero-order valence-corrected chi connectivity index (χ0v) is 14.9. The predicted molar refractivity (Wildman–Crippen MR) is 96.6 cm³/mol. The first-order valence-electron chi connectivity index (χ1n) is 8.95. The third-order valence-electron chi connectivity index (χ3n) is 4.75. The number of hydrazine groups is 1. The number of fused-ring (bicyclic) bond motifs is 1. The number of hydrogen-bond donors (Lipinski definition) is 3. The molecule has 0 atom stereocenters. The lowest BCUT2D eigenvalue weighted by Crippen LogP contribution is -3.12. The van der Waals surface area contributed by atoms with Gasteiger partial charge >= 0.3 is 0 Å². The number of rotatable bonds is 4. The first-order chi connectivity index (χ1) is 12.6. The van der Waals surface area contributed by atoms with Gasteiger partial charge in [0.05, 0.1) is 31.4 Å². The summed E-state index contributed by atoms with van der Waals surface area (Å²) in [6, 6.07) is 6.78. The molecular formula is C18H24N5O3+. The van der Waals surface area contributed by atoms with Crippen LogP contribution in [-0.4, -0.2) is 41.2 Å². The molecule has 1 aromatic heterocycles. The summed E-state index contributed by atoms with van der Waals surface area (Å²) < 4.78 is 1.12. The lowest BCUT2D eigenvalue weighted by atomic mass is 10.1. The van der Waals surface area contributed by atoms with Crippen molar-refractivity contribution in [3.05, 3.63) is 40.3 Å². The molecule has 3 N–H and O–H groups in total. The van der Waals surface area contributed by atoms with Crippen molar-refractivity contribution in [1.29, 1.82) is 0 Å². The average Bonchev–Trinajstić information content (AvgIpc) is 2.68. The minimum atomic E-state index is -0.546. The van der Waals surface area contributed by atoms with E-state index in [1.807, 2.05) is 0 Å². The van der Waals surface area contributed by atoms with Gasteiger partial charge in [-0.2, -0.15) is 5.10 Å². The van der Waals surface area contributed by atoms with E-state index in [9.17, 15) is 14.4 Å². The summed E-state index contributed by atoms with van der Waals surface area (Å²) in [5, 5.41) is 4.91. The van der Waals surface area contributed by atoms with Crippen molar-refractivity contribution < 1.29 is 14.5 Å². The molecule has 0 aliphatic carbocycles. The van der Waals surface area contributed by atoms with E-state index >= 15 is 0 Å². The lowest BCUT2D eigenvalue weighted by molar-refractivity contribution is -0.904. The van der Waals surface area contributed by atoms with Gasteiger partial charge in [0.15, 0.2) is 5.69 Å².